The molecule has 0 atom stereocenters. The van der Waals surface area contributed by atoms with Gasteiger partial charge < -0.3 is 14.8 Å². The molecule has 0 saturated carbocycles. The highest BCUT2D eigenvalue weighted by Crippen LogP contribution is 2.35. The van der Waals surface area contributed by atoms with Crippen LogP contribution in [0.5, 0.6) is 0 Å². The first-order valence-electron chi connectivity index (χ1n) is 9.35. The second-order valence-corrected chi connectivity index (χ2v) is 7.72. The third-order valence-electron chi connectivity index (χ3n) is 4.43. The van der Waals surface area contributed by atoms with Gasteiger partial charge in [-0.2, -0.15) is 0 Å². The molecule has 156 valence electrons. The standard InChI is InChI=1S/C22H20ClNO5S/c1-4-28-21(26)17-12(3)18(22(27)29-5-2)30-20(17)24-19(25)15-10-6-9-14-13(15)8-7-11-16(14)23/h6-11H,4-5H2,1-3H3,(H,24,25). The Hall–Kier alpha value is -2.90. The van der Waals surface area contributed by atoms with Crippen molar-refractivity contribution in [2.45, 2.75) is 20.8 Å². The number of esters is 2. The topological polar surface area (TPSA) is 81.7 Å². The van der Waals surface area contributed by atoms with Gasteiger partial charge in [0.15, 0.2) is 0 Å². The quantitative estimate of drug-likeness (QED) is 0.509. The van der Waals surface area contributed by atoms with Crippen molar-refractivity contribution in [1.82, 2.24) is 0 Å². The van der Waals surface area contributed by atoms with Crippen LogP contribution in [0.1, 0.15) is 49.8 Å². The zero-order valence-corrected chi connectivity index (χ0v) is 18.3. The van der Waals surface area contributed by atoms with Crippen LogP contribution in [0, 0.1) is 6.92 Å². The number of halogens is 1. The van der Waals surface area contributed by atoms with Crippen LogP contribution < -0.4 is 5.32 Å². The van der Waals surface area contributed by atoms with Gasteiger partial charge in [0.05, 0.1) is 18.8 Å². The summed E-state index contributed by atoms with van der Waals surface area (Å²) in [6.45, 7) is 5.37. The van der Waals surface area contributed by atoms with Crippen molar-refractivity contribution < 1.29 is 23.9 Å². The third kappa shape index (κ3) is 4.17. The van der Waals surface area contributed by atoms with Gasteiger partial charge in [0, 0.05) is 16.0 Å². The number of amides is 1. The molecule has 1 heterocycles. The number of hydrogen-bond acceptors (Lipinski definition) is 6. The number of carbonyl (C=O) groups is 3. The Bertz CT molecular complexity index is 1140. The van der Waals surface area contributed by atoms with Gasteiger partial charge in [-0.05, 0) is 43.9 Å². The van der Waals surface area contributed by atoms with Crippen LogP contribution >= 0.6 is 22.9 Å². The lowest BCUT2D eigenvalue weighted by Gasteiger charge is -2.09. The Morgan fingerprint density at radius 3 is 2.30 bits per heavy atom. The number of benzene rings is 2. The first kappa shape index (κ1) is 21.8. The normalized spacial score (nSPS) is 10.7. The Morgan fingerprint density at radius 1 is 0.967 bits per heavy atom. The number of nitrogens with one attached hydrogen (secondary N) is 1. The molecule has 1 amide bonds. The average Bonchev–Trinajstić information content (AvgIpc) is 3.04. The van der Waals surface area contributed by atoms with Crippen molar-refractivity contribution in [2.75, 3.05) is 18.5 Å². The highest BCUT2D eigenvalue weighted by molar-refractivity contribution is 7.18. The Balaban J connectivity index is 2.04. The van der Waals surface area contributed by atoms with Crippen molar-refractivity contribution in [1.29, 1.82) is 0 Å². The summed E-state index contributed by atoms with van der Waals surface area (Å²) in [5.41, 5.74) is 0.957. The highest BCUT2D eigenvalue weighted by Gasteiger charge is 2.27. The lowest BCUT2D eigenvalue weighted by atomic mass is 10.0. The second kappa shape index (κ2) is 9.28. The van der Waals surface area contributed by atoms with Crippen LogP contribution in [0.3, 0.4) is 0 Å². The van der Waals surface area contributed by atoms with Gasteiger partial charge in [-0.15, -0.1) is 11.3 Å². The molecule has 0 radical (unpaired) electrons. The number of ether oxygens (including phenoxy) is 2. The summed E-state index contributed by atoms with van der Waals surface area (Å²) in [5, 5.41) is 4.95. The fourth-order valence-corrected chi connectivity index (χ4v) is 4.40. The molecular weight excluding hydrogens is 426 g/mol. The molecule has 30 heavy (non-hydrogen) atoms. The smallest absolute Gasteiger partial charge is 0.348 e. The molecule has 0 unspecified atom stereocenters. The average molecular weight is 446 g/mol. The Kier molecular flexibility index (Phi) is 6.74. The van der Waals surface area contributed by atoms with E-state index in [-0.39, 0.29) is 28.7 Å². The molecular formula is C22H20ClNO5S. The highest BCUT2D eigenvalue weighted by atomic mass is 35.5. The van der Waals surface area contributed by atoms with Crippen LogP contribution in [0.2, 0.25) is 5.02 Å². The van der Waals surface area contributed by atoms with Gasteiger partial charge in [0.1, 0.15) is 9.88 Å². The summed E-state index contributed by atoms with van der Waals surface area (Å²) in [6.07, 6.45) is 0. The minimum Gasteiger partial charge on any atom is -0.462 e. The van der Waals surface area contributed by atoms with Crippen molar-refractivity contribution in [3.8, 4) is 0 Å². The second-order valence-electron chi connectivity index (χ2n) is 6.30. The van der Waals surface area contributed by atoms with E-state index in [0.717, 1.165) is 16.7 Å². The maximum Gasteiger partial charge on any atom is 0.348 e. The molecule has 0 aliphatic rings. The monoisotopic (exact) mass is 445 g/mol. The molecule has 8 heteroatoms. The maximum atomic E-state index is 13.1. The van der Waals surface area contributed by atoms with Crippen molar-refractivity contribution in [2.24, 2.45) is 0 Å². The minimum atomic E-state index is -0.613. The van der Waals surface area contributed by atoms with E-state index in [2.05, 4.69) is 5.32 Å². The minimum absolute atomic E-state index is 0.150. The van der Waals surface area contributed by atoms with Crippen LogP contribution in [-0.2, 0) is 9.47 Å². The summed E-state index contributed by atoms with van der Waals surface area (Å²) in [7, 11) is 0. The largest absolute Gasteiger partial charge is 0.462 e. The zero-order valence-electron chi connectivity index (χ0n) is 16.7. The molecule has 0 bridgehead atoms. The van der Waals surface area contributed by atoms with Gasteiger partial charge in [0.25, 0.3) is 5.91 Å². The number of anilines is 1. The van der Waals surface area contributed by atoms with E-state index >= 15 is 0 Å². The van der Waals surface area contributed by atoms with E-state index in [9.17, 15) is 14.4 Å². The van der Waals surface area contributed by atoms with Crippen LogP contribution in [0.15, 0.2) is 36.4 Å². The van der Waals surface area contributed by atoms with Crippen LogP contribution in [0.25, 0.3) is 10.8 Å². The molecule has 6 nitrogen and oxygen atoms in total. The van der Waals surface area contributed by atoms with E-state index < -0.39 is 17.8 Å². The third-order valence-corrected chi connectivity index (χ3v) is 5.94. The van der Waals surface area contributed by atoms with Gasteiger partial charge in [0.2, 0.25) is 0 Å². The summed E-state index contributed by atoms with van der Waals surface area (Å²) in [6, 6.07) is 10.5. The molecule has 1 aromatic heterocycles. The number of fused-ring (bicyclic) bond motifs is 1. The molecule has 3 aromatic rings. The number of thiophene rings is 1. The molecule has 2 aromatic carbocycles. The summed E-state index contributed by atoms with van der Waals surface area (Å²) >= 11 is 7.23. The van der Waals surface area contributed by atoms with Gasteiger partial charge in [-0.1, -0.05) is 35.9 Å². The zero-order chi connectivity index (χ0) is 21.8. The van der Waals surface area contributed by atoms with Crippen molar-refractivity contribution in [3.63, 3.8) is 0 Å². The van der Waals surface area contributed by atoms with Gasteiger partial charge in [-0.25, -0.2) is 9.59 Å². The summed E-state index contributed by atoms with van der Waals surface area (Å²) in [5.74, 6) is -1.59. The SMILES string of the molecule is CCOC(=O)c1sc(NC(=O)c2cccc3c(Cl)cccc23)c(C(=O)OCC)c1C. The first-order valence-corrected chi connectivity index (χ1v) is 10.5. The predicted octanol–water partition coefficient (Wildman–Crippen LogP) is 5.47. The molecule has 0 fully saturated rings. The summed E-state index contributed by atoms with van der Waals surface area (Å²) in [4.78, 5) is 38.1. The molecule has 0 aliphatic carbocycles. The van der Waals surface area contributed by atoms with Gasteiger partial charge >= 0.3 is 11.9 Å². The van der Waals surface area contributed by atoms with Gasteiger partial charge in [-0.3, -0.25) is 4.79 Å². The van der Waals surface area contributed by atoms with E-state index in [0.29, 0.717) is 21.5 Å². The molecule has 0 aliphatic heterocycles. The van der Waals surface area contributed by atoms with E-state index in [1.165, 1.54) is 0 Å². The Labute approximate surface area is 182 Å². The van der Waals surface area contributed by atoms with Crippen LogP contribution in [-0.4, -0.2) is 31.1 Å². The fraction of sp³-hybridized carbons (Fsp3) is 0.227. The Morgan fingerprint density at radius 2 is 1.60 bits per heavy atom. The van der Waals surface area contributed by atoms with E-state index in [1.807, 2.05) is 6.07 Å². The predicted molar refractivity (Wildman–Crippen MR) is 118 cm³/mol. The summed E-state index contributed by atoms with van der Waals surface area (Å²) < 4.78 is 10.2. The fourth-order valence-electron chi connectivity index (χ4n) is 3.08. The van der Waals surface area contributed by atoms with Crippen LogP contribution in [0.4, 0.5) is 5.00 Å². The van der Waals surface area contributed by atoms with E-state index in [1.54, 1.807) is 51.1 Å². The molecule has 1 N–H and O–H groups in total. The molecule has 0 spiro atoms. The van der Waals surface area contributed by atoms with Crippen molar-refractivity contribution >= 4 is 56.6 Å². The number of carbonyl (C=O) groups excluding carboxylic acids is 3. The van der Waals surface area contributed by atoms with E-state index in [4.69, 9.17) is 21.1 Å². The molecule has 3 rings (SSSR count). The maximum absolute atomic E-state index is 13.1. The molecule has 0 saturated heterocycles. The number of rotatable bonds is 6. The lowest BCUT2D eigenvalue weighted by molar-refractivity contribution is 0.0527. The van der Waals surface area contributed by atoms with Crippen molar-refractivity contribution in [3.05, 3.63) is 63.0 Å². The lowest BCUT2D eigenvalue weighted by Crippen LogP contribution is -2.15. The first-order chi connectivity index (χ1) is 14.4. The number of hydrogen-bond donors (Lipinski definition) is 1.